The SMILES string of the molecule is Cc1cc(O)c(O)cc1C=CC(=O)O.N=C=O.N=C=O. The summed E-state index contributed by atoms with van der Waals surface area (Å²) in [6.45, 7) is 1.71. The molecule has 106 valence electrons. The molecule has 20 heavy (non-hydrogen) atoms. The van der Waals surface area contributed by atoms with E-state index in [-0.39, 0.29) is 11.5 Å². The molecule has 0 fully saturated rings. The normalized spacial score (nSPS) is 8.25. The highest BCUT2D eigenvalue weighted by atomic mass is 16.4. The van der Waals surface area contributed by atoms with Crippen LogP contribution < -0.4 is 0 Å². The minimum absolute atomic E-state index is 0.213. The molecule has 1 aromatic rings. The van der Waals surface area contributed by atoms with Crippen molar-refractivity contribution in [3.63, 3.8) is 0 Å². The summed E-state index contributed by atoms with van der Waals surface area (Å²) in [5.74, 6) is -1.53. The van der Waals surface area contributed by atoms with Crippen molar-refractivity contribution < 1.29 is 29.7 Å². The average molecular weight is 280 g/mol. The van der Waals surface area contributed by atoms with Crippen molar-refractivity contribution in [2.45, 2.75) is 6.92 Å². The first kappa shape index (κ1) is 19.1. The van der Waals surface area contributed by atoms with E-state index in [1.807, 2.05) is 0 Å². The number of hydrogen-bond donors (Lipinski definition) is 5. The van der Waals surface area contributed by atoms with Crippen LogP contribution in [0.1, 0.15) is 11.1 Å². The molecule has 0 aliphatic heterocycles. The Kier molecular flexibility index (Phi) is 10.4. The van der Waals surface area contributed by atoms with Gasteiger partial charge in [-0.1, -0.05) is 0 Å². The monoisotopic (exact) mass is 280 g/mol. The maximum atomic E-state index is 10.2. The molecule has 0 heterocycles. The van der Waals surface area contributed by atoms with Gasteiger partial charge in [0.15, 0.2) is 11.5 Å². The van der Waals surface area contributed by atoms with Gasteiger partial charge in [0.1, 0.15) is 0 Å². The van der Waals surface area contributed by atoms with Crippen LogP contribution in [0.4, 0.5) is 0 Å². The van der Waals surface area contributed by atoms with Gasteiger partial charge in [0.25, 0.3) is 0 Å². The molecule has 0 atom stereocenters. The summed E-state index contributed by atoms with van der Waals surface area (Å²) in [4.78, 5) is 26.9. The summed E-state index contributed by atoms with van der Waals surface area (Å²) in [6.07, 6.45) is 3.83. The molecule has 0 radical (unpaired) electrons. The molecule has 0 saturated carbocycles. The number of rotatable bonds is 2. The van der Waals surface area contributed by atoms with E-state index in [2.05, 4.69) is 0 Å². The number of nitrogens with one attached hydrogen (secondary N) is 2. The smallest absolute Gasteiger partial charge is 0.328 e. The van der Waals surface area contributed by atoms with Gasteiger partial charge in [-0.2, -0.15) is 0 Å². The first-order valence-electron chi connectivity index (χ1n) is 4.85. The molecule has 0 aliphatic rings. The molecule has 1 aromatic carbocycles. The summed E-state index contributed by atoms with van der Waals surface area (Å²) in [7, 11) is 0. The number of hydrogen-bond acceptors (Lipinski definition) is 7. The Labute approximate surface area is 113 Å². The predicted octanol–water partition coefficient (Wildman–Crippen LogP) is 1.31. The van der Waals surface area contributed by atoms with Crippen LogP contribution >= 0.6 is 0 Å². The van der Waals surface area contributed by atoms with Crippen molar-refractivity contribution in [2.24, 2.45) is 0 Å². The summed E-state index contributed by atoms with van der Waals surface area (Å²) in [5, 5.41) is 37.5. The van der Waals surface area contributed by atoms with Crippen LogP contribution in [0.5, 0.6) is 11.5 Å². The van der Waals surface area contributed by atoms with Crippen LogP contribution in [0.15, 0.2) is 18.2 Å². The molecule has 0 spiro atoms. The van der Waals surface area contributed by atoms with Gasteiger partial charge in [-0.3, -0.25) is 0 Å². The van der Waals surface area contributed by atoms with Gasteiger partial charge in [-0.25, -0.2) is 25.2 Å². The number of phenolic OH excluding ortho intramolecular Hbond substituents is 2. The Morgan fingerprint density at radius 3 is 1.95 bits per heavy atom. The molecule has 0 aromatic heterocycles. The zero-order valence-electron chi connectivity index (χ0n) is 10.4. The van der Waals surface area contributed by atoms with Crippen molar-refractivity contribution in [3.8, 4) is 11.5 Å². The molecule has 1 rings (SSSR count). The lowest BCUT2D eigenvalue weighted by Crippen LogP contribution is -1.87. The third-order valence-electron chi connectivity index (χ3n) is 1.77. The number of carbonyl (C=O) groups excluding carboxylic acids is 2. The van der Waals surface area contributed by atoms with Gasteiger partial charge in [-0.15, -0.1) is 0 Å². The molecule has 5 N–H and O–H groups in total. The highest BCUT2D eigenvalue weighted by molar-refractivity contribution is 5.85. The second-order valence-electron chi connectivity index (χ2n) is 3.07. The highest BCUT2D eigenvalue weighted by Gasteiger charge is 2.03. The molecule has 8 nitrogen and oxygen atoms in total. The van der Waals surface area contributed by atoms with E-state index in [9.17, 15) is 4.79 Å². The van der Waals surface area contributed by atoms with Gasteiger partial charge >= 0.3 is 5.97 Å². The first-order chi connectivity index (χ1) is 9.33. The van der Waals surface area contributed by atoms with Crippen LogP contribution in [0, 0.1) is 17.7 Å². The fourth-order valence-corrected chi connectivity index (χ4v) is 1.04. The molecule has 0 unspecified atom stereocenters. The first-order valence-corrected chi connectivity index (χ1v) is 4.85. The predicted molar refractivity (Wildman–Crippen MR) is 68.0 cm³/mol. The largest absolute Gasteiger partial charge is 0.504 e. The van der Waals surface area contributed by atoms with Crippen molar-refractivity contribution in [1.82, 2.24) is 0 Å². The fourth-order valence-electron chi connectivity index (χ4n) is 1.04. The number of aliphatic carboxylic acids is 1. The lowest BCUT2D eigenvalue weighted by atomic mass is 10.1. The average Bonchev–Trinajstić information content (AvgIpc) is 2.34. The van der Waals surface area contributed by atoms with Crippen molar-refractivity contribution in [3.05, 3.63) is 29.3 Å². The van der Waals surface area contributed by atoms with Crippen molar-refractivity contribution >= 4 is 24.2 Å². The van der Waals surface area contributed by atoms with Crippen LogP contribution in [0.2, 0.25) is 0 Å². The van der Waals surface area contributed by atoms with E-state index in [1.165, 1.54) is 18.2 Å². The summed E-state index contributed by atoms with van der Waals surface area (Å²) < 4.78 is 0. The third-order valence-corrected chi connectivity index (χ3v) is 1.77. The van der Waals surface area contributed by atoms with Crippen LogP contribution in [-0.4, -0.2) is 33.4 Å². The Morgan fingerprint density at radius 2 is 1.55 bits per heavy atom. The van der Waals surface area contributed by atoms with Gasteiger partial charge < -0.3 is 15.3 Å². The second kappa shape index (κ2) is 10.9. The minimum atomic E-state index is -1.06. The minimum Gasteiger partial charge on any atom is -0.504 e. The number of aryl methyl sites for hydroxylation is 1. The Bertz CT molecular complexity index is 541. The van der Waals surface area contributed by atoms with Crippen molar-refractivity contribution in [2.75, 3.05) is 0 Å². The molecule has 0 bridgehead atoms. The van der Waals surface area contributed by atoms with Gasteiger partial charge in [-0.05, 0) is 36.3 Å². The van der Waals surface area contributed by atoms with E-state index >= 15 is 0 Å². The summed E-state index contributed by atoms with van der Waals surface area (Å²) >= 11 is 0. The van der Waals surface area contributed by atoms with Crippen LogP contribution in [0.3, 0.4) is 0 Å². The zero-order chi connectivity index (χ0) is 16.1. The number of carbonyl (C=O) groups is 1. The fraction of sp³-hybridized carbons (Fsp3) is 0.0833. The van der Waals surface area contributed by atoms with Gasteiger partial charge in [0.05, 0.1) is 0 Å². The van der Waals surface area contributed by atoms with Gasteiger partial charge in [0, 0.05) is 6.08 Å². The number of isocyanates is 2. The van der Waals surface area contributed by atoms with E-state index in [0.717, 1.165) is 18.2 Å². The molecule has 0 amide bonds. The van der Waals surface area contributed by atoms with E-state index in [1.54, 1.807) is 6.92 Å². The number of carboxylic acids is 1. The highest BCUT2D eigenvalue weighted by Crippen LogP contribution is 2.28. The molecule has 0 saturated heterocycles. The Morgan fingerprint density at radius 1 is 1.15 bits per heavy atom. The molecular weight excluding hydrogens is 268 g/mol. The zero-order valence-corrected chi connectivity index (χ0v) is 10.4. The van der Waals surface area contributed by atoms with Crippen LogP contribution in [-0.2, 0) is 14.4 Å². The van der Waals surface area contributed by atoms with E-state index in [0.29, 0.717) is 11.1 Å². The van der Waals surface area contributed by atoms with Gasteiger partial charge in [0.2, 0.25) is 12.2 Å². The lowest BCUT2D eigenvalue weighted by Gasteiger charge is -2.03. The van der Waals surface area contributed by atoms with E-state index < -0.39 is 5.97 Å². The van der Waals surface area contributed by atoms with Crippen molar-refractivity contribution in [1.29, 1.82) is 10.8 Å². The third kappa shape index (κ3) is 8.89. The topological polar surface area (TPSA) is 160 Å². The van der Waals surface area contributed by atoms with E-state index in [4.69, 9.17) is 35.7 Å². The Balaban J connectivity index is 0. The standard InChI is InChI=1S/C10H10O4.2CHNO/c1-6-4-8(11)9(12)5-7(6)2-3-10(13)14;2*2-1-3/h2-5,11-12H,1H3,(H,13,14);2*2H. The maximum absolute atomic E-state index is 10.2. The number of carboxylic acid groups (broad SMARTS) is 1. The maximum Gasteiger partial charge on any atom is 0.328 e. The summed E-state index contributed by atoms with van der Waals surface area (Å²) in [5.41, 5.74) is 1.25. The molecule has 0 aliphatic carbocycles. The Hall–Kier alpha value is -3.21. The number of phenols is 2. The van der Waals surface area contributed by atoms with Crippen LogP contribution in [0.25, 0.3) is 6.08 Å². The molecular formula is C12H12N2O6. The number of benzene rings is 1. The summed E-state index contributed by atoms with van der Waals surface area (Å²) in [6, 6.07) is 2.68. The lowest BCUT2D eigenvalue weighted by molar-refractivity contribution is -0.131. The number of aromatic hydroxyl groups is 2. The molecule has 8 heteroatoms. The quantitative estimate of drug-likeness (QED) is 0.237. The second-order valence-corrected chi connectivity index (χ2v) is 3.07.